The summed E-state index contributed by atoms with van der Waals surface area (Å²) < 4.78 is 15.8. The second-order valence-corrected chi connectivity index (χ2v) is 6.21. The average Bonchev–Trinajstić information content (AvgIpc) is 3.19. The zero-order valence-electron chi connectivity index (χ0n) is 15.0. The number of aromatic nitrogens is 2. The summed E-state index contributed by atoms with van der Waals surface area (Å²) >= 11 is 0. The Morgan fingerprint density at radius 1 is 1.07 bits per heavy atom. The first-order valence-corrected chi connectivity index (χ1v) is 8.68. The number of fused-ring (bicyclic) bond motifs is 2. The largest absolute Gasteiger partial charge is 0.454 e. The molecule has 1 amide bonds. The van der Waals surface area contributed by atoms with Gasteiger partial charge in [-0.15, -0.1) is 0 Å². The number of carbonyl (C=O) groups is 2. The molecule has 1 aliphatic heterocycles. The van der Waals surface area contributed by atoms with Crippen molar-refractivity contribution in [3.05, 3.63) is 59.9 Å². The predicted molar refractivity (Wildman–Crippen MR) is 98.8 cm³/mol. The fraction of sp³-hybridized carbons (Fsp3) is 0.200. The van der Waals surface area contributed by atoms with E-state index in [0.29, 0.717) is 28.1 Å². The van der Waals surface area contributed by atoms with Crippen LogP contribution in [0.5, 0.6) is 11.5 Å². The Kier molecular flexibility index (Phi) is 4.76. The van der Waals surface area contributed by atoms with Crippen LogP contribution in [0.2, 0.25) is 0 Å². The van der Waals surface area contributed by atoms with E-state index in [1.54, 1.807) is 42.7 Å². The first kappa shape index (κ1) is 17.7. The van der Waals surface area contributed by atoms with Crippen molar-refractivity contribution < 1.29 is 23.8 Å². The molecule has 2 aromatic carbocycles. The maximum absolute atomic E-state index is 12.3. The van der Waals surface area contributed by atoms with E-state index < -0.39 is 18.0 Å². The van der Waals surface area contributed by atoms with Gasteiger partial charge in [-0.3, -0.25) is 14.8 Å². The Labute approximate surface area is 160 Å². The van der Waals surface area contributed by atoms with Gasteiger partial charge < -0.3 is 19.5 Å². The molecule has 0 radical (unpaired) electrons. The van der Waals surface area contributed by atoms with Gasteiger partial charge in [-0.25, -0.2) is 4.79 Å². The van der Waals surface area contributed by atoms with Crippen LogP contribution in [-0.2, 0) is 16.1 Å². The van der Waals surface area contributed by atoms with Gasteiger partial charge in [-0.2, -0.15) is 0 Å². The molecule has 0 bridgehead atoms. The average molecular weight is 379 g/mol. The highest BCUT2D eigenvalue weighted by molar-refractivity contribution is 5.95. The highest BCUT2D eigenvalue weighted by Gasteiger charge is 2.20. The van der Waals surface area contributed by atoms with Crippen LogP contribution in [0.15, 0.2) is 48.8 Å². The Morgan fingerprint density at radius 3 is 2.71 bits per heavy atom. The lowest BCUT2D eigenvalue weighted by Gasteiger charge is -2.14. The standard InChI is InChI=1S/C20H17N3O5/c1-12(19(24)23-10-13-2-5-17-18(8-13)27-11-26-17)28-20(25)14-3-4-15-16(9-14)22-7-6-21-15/h2-9,12H,10-11H2,1H3,(H,23,24)/t12-/m1/s1. The number of hydrogen-bond acceptors (Lipinski definition) is 7. The van der Waals surface area contributed by atoms with E-state index in [-0.39, 0.29) is 13.3 Å². The molecule has 1 aliphatic rings. The Bertz CT molecular complexity index is 1050. The van der Waals surface area contributed by atoms with Crippen LogP contribution in [0.25, 0.3) is 11.0 Å². The molecule has 0 saturated carbocycles. The summed E-state index contributed by atoms with van der Waals surface area (Å²) in [4.78, 5) is 32.9. The number of ether oxygens (including phenoxy) is 3. The second-order valence-electron chi connectivity index (χ2n) is 6.21. The normalized spacial score (nSPS) is 13.2. The summed E-state index contributed by atoms with van der Waals surface area (Å²) in [6, 6.07) is 10.3. The van der Waals surface area contributed by atoms with E-state index in [2.05, 4.69) is 15.3 Å². The minimum absolute atomic E-state index is 0.193. The van der Waals surface area contributed by atoms with Gasteiger partial charge in [0.2, 0.25) is 6.79 Å². The molecule has 0 fully saturated rings. The van der Waals surface area contributed by atoms with Crippen molar-refractivity contribution in [3.63, 3.8) is 0 Å². The van der Waals surface area contributed by atoms with Gasteiger partial charge in [-0.1, -0.05) is 6.07 Å². The zero-order valence-corrected chi connectivity index (χ0v) is 15.0. The molecule has 3 aromatic rings. The Morgan fingerprint density at radius 2 is 1.86 bits per heavy atom. The molecule has 1 N–H and O–H groups in total. The van der Waals surface area contributed by atoms with E-state index in [1.807, 2.05) is 6.07 Å². The molecule has 4 rings (SSSR count). The topological polar surface area (TPSA) is 99.6 Å². The number of carbonyl (C=O) groups excluding carboxylic acids is 2. The lowest BCUT2D eigenvalue weighted by Crippen LogP contribution is -2.35. The minimum Gasteiger partial charge on any atom is -0.454 e. The van der Waals surface area contributed by atoms with Crippen molar-refractivity contribution in [1.82, 2.24) is 15.3 Å². The molecule has 0 aliphatic carbocycles. The molecule has 142 valence electrons. The molecule has 1 aromatic heterocycles. The molecule has 8 nitrogen and oxygen atoms in total. The van der Waals surface area contributed by atoms with E-state index in [4.69, 9.17) is 14.2 Å². The first-order valence-electron chi connectivity index (χ1n) is 8.68. The van der Waals surface area contributed by atoms with Crippen molar-refractivity contribution in [2.24, 2.45) is 0 Å². The Hall–Kier alpha value is -3.68. The van der Waals surface area contributed by atoms with Crippen molar-refractivity contribution in [3.8, 4) is 11.5 Å². The minimum atomic E-state index is -0.945. The number of nitrogens with zero attached hydrogens (tertiary/aromatic N) is 2. The van der Waals surface area contributed by atoms with Crippen molar-refractivity contribution in [2.75, 3.05) is 6.79 Å². The fourth-order valence-corrected chi connectivity index (χ4v) is 2.76. The maximum atomic E-state index is 12.3. The number of benzene rings is 2. The van der Waals surface area contributed by atoms with Crippen LogP contribution >= 0.6 is 0 Å². The van der Waals surface area contributed by atoms with E-state index in [1.165, 1.54) is 6.92 Å². The quantitative estimate of drug-likeness (QED) is 0.679. The fourth-order valence-electron chi connectivity index (χ4n) is 2.76. The van der Waals surface area contributed by atoms with E-state index >= 15 is 0 Å². The molecule has 28 heavy (non-hydrogen) atoms. The molecule has 1 atom stereocenters. The SMILES string of the molecule is C[C@@H](OC(=O)c1ccc2nccnc2c1)C(=O)NCc1ccc2c(c1)OCO2. The molecule has 0 saturated heterocycles. The number of esters is 1. The molecule has 2 heterocycles. The Balaban J connectivity index is 1.35. The lowest BCUT2D eigenvalue weighted by molar-refractivity contribution is -0.129. The van der Waals surface area contributed by atoms with Gasteiger partial charge in [-0.05, 0) is 42.8 Å². The van der Waals surface area contributed by atoms with Crippen LogP contribution in [-0.4, -0.2) is 34.7 Å². The zero-order chi connectivity index (χ0) is 19.5. The molecule has 0 unspecified atom stereocenters. The summed E-state index contributed by atoms with van der Waals surface area (Å²) in [7, 11) is 0. The highest BCUT2D eigenvalue weighted by atomic mass is 16.7. The van der Waals surface area contributed by atoms with Crippen LogP contribution < -0.4 is 14.8 Å². The summed E-state index contributed by atoms with van der Waals surface area (Å²) in [5, 5.41) is 2.74. The number of amides is 1. The smallest absolute Gasteiger partial charge is 0.338 e. The van der Waals surface area contributed by atoms with Crippen molar-refractivity contribution in [2.45, 2.75) is 19.6 Å². The van der Waals surface area contributed by atoms with Gasteiger partial charge in [0.15, 0.2) is 17.6 Å². The molecular formula is C20H17N3O5. The number of rotatable bonds is 5. The van der Waals surface area contributed by atoms with Gasteiger partial charge in [0.1, 0.15) is 0 Å². The van der Waals surface area contributed by atoms with Crippen molar-refractivity contribution in [1.29, 1.82) is 0 Å². The third-order valence-corrected chi connectivity index (χ3v) is 4.26. The first-order chi connectivity index (χ1) is 13.6. The van der Waals surface area contributed by atoms with Crippen molar-refractivity contribution >= 4 is 22.9 Å². The van der Waals surface area contributed by atoms with Gasteiger partial charge >= 0.3 is 5.97 Å². The van der Waals surface area contributed by atoms with Gasteiger partial charge in [0, 0.05) is 18.9 Å². The van der Waals surface area contributed by atoms with Gasteiger partial charge in [0.05, 0.1) is 16.6 Å². The molecule has 8 heteroatoms. The van der Waals surface area contributed by atoms with Crippen LogP contribution in [0.3, 0.4) is 0 Å². The summed E-state index contributed by atoms with van der Waals surface area (Å²) in [5.41, 5.74) is 2.41. The number of hydrogen-bond donors (Lipinski definition) is 1. The van der Waals surface area contributed by atoms with Crippen LogP contribution in [0.4, 0.5) is 0 Å². The summed E-state index contributed by atoms with van der Waals surface area (Å²) in [6.45, 7) is 2.00. The summed E-state index contributed by atoms with van der Waals surface area (Å²) in [5.74, 6) is 0.327. The highest BCUT2D eigenvalue weighted by Crippen LogP contribution is 2.32. The maximum Gasteiger partial charge on any atom is 0.338 e. The predicted octanol–water partition coefficient (Wildman–Crippen LogP) is 2.22. The van der Waals surface area contributed by atoms with Crippen LogP contribution in [0, 0.1) is 0 Å². The van der Waals surface area contributed by atoms with E-state index in [9.17, 15) is 9.59 Å². The van der Waals surface area contributed by atoms with Crippen LogP contribution in [0.1, 0.15) is 22.8 Å². The number of nitrogens with one attached hydrogen (secondary N) is 1. The second kappa shape index (κ2) is 7.51. The third kappa shape index (κ3) is 3.71. The van der Waals surface area contributed by atoms with E-state index in [0.717, 1.165) is 5.56 Å². The summed E-state index contributed by atoms with van der Waals surface area (Å²) in [6.07, 6.45) is 2.18. The monoisotopic (exact) mass is 379 g/mol. The lowest BCUT2D eigenvalue weighted by atomic mass is 10.2. The van der Waals surface area contributed by atoms with Gasteiger partial charge in [0.25, 0.3) is 5.91 Å². The third-order valence-electron chi connectivity index (χ3n) is 4.26. The molecular weight excluding hydrogens is 362 g/mol. The molecule has 0 spiro atoms.